The Morgan fingerprint density at radius 1 is 1.22 bits per heavy atom. The van der Waals surface area contributed by atoms with E-state index in [9.17, 15) is 9.18 Å². The lowest BCUT2D eigenvalue weighted by molar-refractivity contribution is 0.252. The predicted octanol–water partition coefficient (Wildman–Crippen LogP) is 3.89. The number of hydrogen-bond donors (Lipinski definition) is 2. The zero-order chi connectivity index (χ0) is 16.5. The first-order chi connectivity index (χ1) is 11.2. The molecule has 0 unspecified atom stereocenters. The monoisotopic (exact) mass is 334 g/mol. The molecule has 0 saturated carbocycles. The smallest absolute Gasteiger partial charge is 0.319 e. The Labute approximate surface area is 139 Å². The van der Waals surface area contributed by atoms with Crippen LogP contribution in [0.15, 0.2) is 48.5 Å². The number of halogens is 1. The first-order valence-corrected chi connectivity index (χ1v) is 8.34. The summed E-state index contributed by atoms with van der Waals surface area (Å²) in [6, 6.07) is 13.6. The van der Waals surface area contributed by atoms with Crippen molar-refractivity contribution in [3.05, 3.63) is 59.9 Å². The highest BCUT2D eigenvalue weighted by molar-refractivity contribution is 7.98. The molecule has 2 rings (SSSR count). The van der Waals surface area contributed by atoms with Gasteiger partial charge in [-0.3, -0.25) is 0 Å². The van der Waals surface area contributed by atoms with Crippen molar-refractivity contribution in [1.29, 1.82) is 0 Å². The van der Waals surface area contributed by atoms with E-state index in [0.29, 0.717) is 35.1 Å². The molecule has 0 heterocycles. The van der Waals surface area contributed by atoms with Gasteiger partial charge in [0.1, 0.15) is 11.6 Å². The van der Waals surface area contributed by atoms with Crippen LogP contribution in [0.3, 0.4) is 0 Å². The van der Waals surface area contributed by atoms with E-state index in [1.807, 2.05) is 12.1 Å². The average Bonchev–Trinajstić information content (AvgIpc) is 2.56. The molecule has 0 saturated heterocycles. The van der Waals surface area contributed by atoms with Crippen molar-refractivity contribution >= 4 is 23.5 Å². The Bertz CT molecular complexity index is 652. The summed E-state index contributed by atoms with van der Waals surface area (Å²) < 4.78 is 18.5. The van der Waals surface area contributed by atoms with Crippen LogP contribution in [0.1, 0.15) is 5.56 Å². The minimum atomic E-state index is -0.273. The van der Waals surface area contributed by atoms with Gasteiger partial charge >= 0.3 is 6.03 Å². The van der Waals surface area contributed by atoms with Crippen LogP contribution in [-0.2, 0) is 5.75 Å². The Hall–Kier alpha value is -2.21. The number of amides is 2. The molecule has 0 fully saturated rings. The van der Waals surface area contributed by atoms with Crippen molar-refractivity contribution in [2.24, 2.45) is 0 Å². The highest BCUT2D eigenvalue weighted by atomic mass is 32.2. The van der Waals surface area contributed by atoms with Gasteiger partial charge in [0.25, 0.3) is 0 Å². The standard InChI is InChI=1S/C17H19FN2O2S/c1-22-15-7-4-6-14(11-15)20-17(21)19-9-10-23-12-13-5-2-3-8-16(13)18/h2-8,11H,9-10,12H2,1H3,(H2,19,20,21). The van der Waals surface area contributed by atoms with E-state index in [1.165, 1.54) is 6.07 Å². The number of rotatable bonds is 7. The normalized spacial score (nSPS) is 10.2. The van der Waals surface area contributed by atoms with Crippen LogP contribution in [0.4, 0.5) is 14.9 Å². The number of hydrogen-bond acceptors (Lipinski definition) is 3. The molecule has 4 nitrogen and oxygen atoms in total. The first kappa shape index (κ1) is 17.1. The van der Waals surface area contributed by atoms with Crippen LogP contribution >= 0.6 is 11.8 Å². The molecule has 0 aliphatic heterocycles. The van der Waals surface area contributed by atoms with E-state index in [4.69, 9.17) is 4.74 Å². The van der Waals surface area contributed by atoms with Crippen molar-refractivity contribution < 1.29 is 13.9 Å². The molecule has 0 aliphatic carbocycles. The molecular weight excluding hydrogens is 315 g/mol. The first-order valence-electron chi connectivity index (χ1n) is 7.19. The molecule has 2 N–H and O–H groups in total. The van der Waals surface area contributed by atoms with Crippen molar-refractivity contribution in [3.63, 3.8) is 0 Å². The van der Waals surface area contributed by atoms with Crippen LogP contribution in [-0.4, -0.2) is 25.4 Å². The topological polar surface area (TPSA) is 50.4 Å². The summed E-state index contributed by atoms with van der Waals surface area (Å²) in [4.78, 5) is 11.8. The Morgan fingerprint density at radius 3 is 2.83 bits per heavy atom. The van der Waals surface area contributed by atoms with Gasteiger partial charge in [-0.25, -0.2) is 9.18 Å². The van der Waals surface area contributed by atoms with Gasteiger partial charge < -0.3 is 15.4 Å². The lowest BCUT2D eigenvalue weighted by Gasteiger charge is -2.09. The largest absolute Gasteiger partial charge is 0.497 e. The SMILES string of the molecule is COc1cccc(NC(=O)NCCSCc2ccccc2F)c1. The summed E-state index contributed by atoms with van der Waals surface area (Å²) in [5, 5.41) is 5.50. The van der Waals surface area contributed by atoms with Gasteiger partial charge in [0, 0.05) is 29.8 Å². The van der Waals surface area contributed by atoms with Crippen molar-refractivity contribution in [2.75, 3.05) is 24.7 Å². The summed E-state index contributed by atoms with van der Waals surface area (Å²) in [7, 11) is 1.58. The Morgan fingerprint density at radius 2 is 2.04 bits per heavy atom. The quantitative estimate of drug-likeness (QED) is 0.755. The third kappa shape index (κ3) is 5.83. The van der Waals surface area contributed by atoms with Gasteiger partial charge in [-0.2, -0.15) is 11.8 Å². The lowest BCUT2D eigenvalue weighted by Crippen LogP contribution is -2.30. The molecule has 122 valence electrons. The summed E-state index contributed by atoms with van der Waals surface area (Å²) in [6.07, 6.45) is 0. The number of carbonyl (C=O) groups is 1. The highest BCUT2D eigenvalue weighted by Crippen LogP contribution is 2.17. The van der Waals surface area contributed by atoms with Crippen LogP contribution in [0.5, 0.6) is 5.75 Å². The van der Waals surface area contributed by atoms with Crippen molar-refractivity contribution in [2.45, 2.75) is 5.75 Å². The van der Waals surface area contributed by atoms with Crippen molar-refractivity contribution in [1.82, 2.24) is 5.32 Å². The van der Waals surface area contributed by atoms with Gasteiger partial charge in [0.15, 0.2) is 0 Å². The molecule has 2 amide bonds. The number of nitrogens with one attached hydrogen (secondary N) is 2. The maximum atomic E-state index is 13.4. The number of carbonyl (C=O) groups excluding carboxylic acids is 1. The summed E-state index contributed by atoms with van der Waals surface area (Å²) in [5.74, 6) is 1.79. The molecular formula is C17H19FN2O2S. The molecule has 0 radical (unpaired) electrons. The fourth-order valence-corrected chi connectivity index (χ4v) is 2.76. The molecule has 0 spiro atoms. The average molecular weight is 334 g/mol. The number of thioether (sulfide) groups is 1. The van der Waals surface area contributed by atoms with Gasteiger partial charge in [-0.05, 0) is 23.8 Å². The highest BCUT2D eigenvalue weighted by Gasteiger charge is 2.03. The van der Waals surface area contributed by atoms with E-state index < -0.39 is 0 Å². The molecule has 23 heavy (non-hydrogen) atoms. The number of ether oxygens (including phenoxy) is 1. The lowest BCUT2D eigenvalue weighted by atomic mass is 10.2. The Balaban J connectivity index is 1.66. The molecule has 6 heteroatoms. The van der Waals surface area contributed by atoms with Gasteiger partial charge in [-0.15, -0.1) is 0 Å². The third-order valence-electron chi connectivity index (χ3n) is 3.07. The fraction of sp³-hybridized carbons (Fsp3) is 0.235. The predicted molar refractivity (Wildman–Crippen MR) is 92.6 cm³/mol. The number of anilines is 1. The Kier molecular flexibility index (Phi) is 6.75. The number of urea groups is 1. The van der Waals surface area contributed by atoms with Crippen LogP contribution in [0.2, 0.25) is 0 Å². The molecule has 2 aromatic rings. The fourth-order valence-electron chi connectivity index (χ4n) is 1.91. The second-order valence-electron chi connectivity index (χ2n) is 4.76. The number of methoxy groups -OCH3 is 1. The minimum absolute atomic E-state index is 0.191. The van der Waals surface area contributed by atoms with Crippen LogP contribution < -0.4 is 15.4 Å². The van der Waals surface area contributed by atoms with Crippen molar-refractivity contribution in [3.8, 4) is 5.75 Å². The van der Waals surface area contributed by atoms with E-state index in [-0.39, 0.29) is 11.8 Å². The zero-order valence-corrected chi connectivity index (χ0v) is 13.7. The van der Waals surface area contributed by atoms with E-state index >= 15 is 0 Å². The van der Waals surface area contributed by atoms with E-state index in [2.05, 4.69) is 10.6 Å². The van der Waals surface area contributed by atoms with Gasteiger partial charge in [0.05, 0.1) is 7.11 Å². The second kappa shape index (κ2) is 9.05. The third-order valence-corrected chi connectivity index (χ3v) is 4.08. The summed E-state index contributed by atoms with van der Waals surface area (Å²) >= 11 is 1.57. The zero-order valence-electron chi connectivity index (χ0n) is 12.8. The minimum Gasteiger partial charge on any atom is -0.497 e. The van der Waals surface area contributed by atoms with Crippen LogP contribution in [0, 0.1) is 5.82 Å². The summed E-state index contributed by atoms with van der Waals surface area (Å²) in [5.41, 5.74) is 1.35. The molecule has 2 aromatic carbocycles. The molecule has 0 bridgehead atoms. The van der Waals surface area contributed by atoms with E-state index in [0.717, 1.165) is 0 Å². The second-order valence-corrected chi connectivity index (χ2v) is 5.86. The summed E-state index contributed by atoms with van der Waals surface area (Å²) in [6.45, 7) is 0.509. The molecule has 0 atom stereocenters. The maximum Gasteiger partial charge on any atom is 0.319 e. The molecule has 0 aliphatic rings. The van der Waals surface area contributed by atoms with Crippen LogP contribution in [0.25, 0.3) is 0 Å². The van der Waals surface area contributed by atoms with E-state index in [1.54, 1.807) is 49.2 Å². The number of benzene rings is 2. The maximum absolute atomic E-state index is 13.4. The van der Waals surface area contributed by atoms with Gasteiger partial charge in [-0.1, -0.05) is 24.3 Å². The molecule has 0 aromatic heterocycles. The van der Waals surface area contributed by atoms with Gasteiger partial charge in [0.2, 0.25) is 0 Å².